The number of hydrazone groups is 1. The first kappa shape index (κ1) is 24.7. The van der Waals surface area contributed by atoms with Crippen LogP contribution in [0.2, 0.25) is 0 Å². The Labute approximate surface area is 216 Å². The molecule has 5 nitrogen and oxygen atoms in total. The highest BCUT2D eigenvalue weighted by atomic mass is 79.9. The first-order valence-corrected chi connectivity index (χ1v) is 13.7. The number of halogens is 1. The van der Waals surface area contributed by atoms with Crippen LogP contribution in [0.15, 0.2) is 76.3 Å². The summed E-state index contributed by atoms with van der Waals surface area (Å²) < 4.78 is 12.8. The first-order chi connectivity index (χ1) is 16.6. The van der Waals surface area contributed by atoms with Crippen LogP contribution >= 0.6 is 39.5 Å². The Morgan fingerprint density at radius 2 is 1.79 bits per heavy atom. The van der Waals surface area contributed by atoms with Crippen molar-refractivity contribution in [2.24, 2.45) is 5.10 Å². The van der Waals surface area contributed by atoms with Gasteiger partial charge in [0.05, 0.1) is 15.3 Å². The molecule has 4 rings (SSSR count). The van der Waals surface area contributed by atoms with Gasteiger partial charge in [-0.05, 0) is 69.9 Å². The lowest BCUT2D eigenvalue weighted by molar-refractivity contribution is -0.123. The van der Waals surface area contributed by atoms with Gasteiger partial charge in [-0.25, -0.2) is 5.43 Å². The predicted octanol–water partition coefficient (Wildman–Crippen LogP) is 6.34. The molecule has 0 spiro atoms. The Hall–Kier alpha value is -2.42. The molecule has 0 atom stereocenters. The molecule has 0 saturated carbocycles. The minimum absolute atomic E-state index is 0.0981. The molecule has 1 aliphatic rings. The number of benzene rings is 3. The standard InChI is InChI=1S/C26H25BrN2O3S2/c1-18-2-4-19(5-3-18)16-32-24-11-6-20(14-23(24)27)15-28-29-25(30)17-31-22-9-7-21(8-10-22)26-33-12-13-34-26/h2-11,14-15,26H,12-13,16-17H2,1H3,(H,29,30)/b28-15-. The van der Waals surface area contributed by atoms with Crippen molar-refractivity contribution in [3.8, 4) is 11.5 Å². The summed E-state index contributed by atoms with van der Waals surface area (Å²) in [7, 11) is 0. The van der Waals surface area contributed by atoms with Crippen molar-refractivity contribution in [3.63, 3.8) is 0 Å². The molecule has 1 amide bonds. The lowest BCUT2D eigenvalue weighted by Gasteiger charge is -2.10. The minimum atomic E-state index is -0.320. The van der Waals surface area contributed by atoms with Gasteiger partial charge in [0.15, 0.2) is 6.61 Å². The summed E-state index contributed by atoms with van der Waals surface area (Å²) in [6, 6.07) is 21.8. The number of carbonyl (C=O) groups is 1. The van der Waals surface area contributed by atoms with Gasteiger partial charge in [-0.3, -0.25) is 4.79 Å². The maximum absolute atomic E-state index is 12.1. The Kier molecular flexibility index (Phi) is 8.96. The maximum atomic E-state index is 12.1. The van der Waals surface area contributed by atoms with E-state index in [4.69, 9.17) is 9.47 Å². The number of hydrogen-bond donors (Lipinski definition) is 1. The minimum Gasteiger partial charge on any atom is -0.488 e. The Bertz CT molecular complexity index is 1130. The zero-order chi connectivity index (χ0) is 23.8. The van der Waals surface area contributed by atoms with Crippen LogP contribution < -0.4 is 14.9 Å². The van der Waals surface area contributed by atoms with E-state index in [1.807, 2.05) is 53.9 Å². The summed E-state index contributed by atoms with van der Waals surface area (Å²) >= 11 is 7.46. The molecule has 1 heterocycles. The fourth-order valence-corrected chi connectivity index (χ4v) is 6.56. The monoisotopic (exact) mass is 556 g/mol. The molecule has 176 valence electrons. The number of hydrogen-bond acceptors (Lipinski definition) is 6. The van der Waals surface area contributed by atoms with Gasteiger partial charge in [0.25, 0.3) is 5.91 Å². The second-order valence-corrected chi connectivity index (χ2v) is 11.3. The summed E-state index contributed by atoms with van der Waals surface area (Å²) in [5.74, 6) is 3.47. The van der Waals surface area contributed by atoms with Crippen molar-refractivity contribution < 1.29 is 14.3 Å². The highest BCUT2D eigenvalue weighted by Gasteiger charge is 2.18. The number of nitrogens with one attached hydrogen (secondary N) is 1. The molecule has 34 heavy (non-hydrogen) atoms. The van der Waals surface area contributed by atoms with Crippen LogP contribution in [0.3, 0.4) is 0 Å². The number of nitrogens with zero attached hydrogens (tertiary/aromatic N) is 1. The summed E-state index contributed by atoms with van der Waals surface area (Å²) in [4.78, 5) is 12.1. The lowest BCUT2D eigenvalue weighted by Crippen LogP contribution is -2.24. The fourth-order valence-electron chi connectivity index (χ4n) is 3.19. The third kappa shape index (κ3) is 7.29. The van der Waals surface area contributed by atoms with Crippen LogP contribution in [-0.4, -0.2) is 30.2 Å². The van der Waals surface area contributed by atoms with Crippen LogP contribution in [0, 0.1) is 6.92 Å². The third-order valence-electron chi connectivity index (χ3n) is 5.02. The molecule has 3 aromatic rings. The summed E-state index contributed by atoms with van der Waals surface area (Å²) in [5, 5.41) is 4.02. The van der Waals surface area contributed by atoms with E-state index >= 15 is 0 Å². The van der Waals surface area contributed by atoms with Crippen molar-refractivity contribution in [1.29, 1.82) is 0 Å². The van der Waals surface area contributed by atoms with Crippen LogP contribution in [0.4, 0.5) is 0 Å². The maximum Gasteiger partial charge on any atom is 0.277 e. The molecule has 0 aliphatic carbocycles. The van der Waals surface area contributed by atoms with Gasteiger partial charge in [0, 0.05) is 11.5 Å². The van der Waals surface area contributed by atoms with Crippen molar-refractivity contribution in [1.82, 2.24) is 5.43 Å². The molecule has 8 heteroatoms. The number of aryl methyl sites for hydroxylation is 1. The largest absolute Gasteiger partial charge is 0.488 e. The van der Waals surface area contributed by atoms with E-state index in [9.17, 15) is 4.79 Å². The molecule has 1 fully saturated rings. The van der Waals surface area contributed by atoms with E-state index in [0.717, 1.165) is 21.3 Å². The average molecular weight is 558 g/mol. The van der Waals surface area contributed by atoms with Crippen molar-refractivity contribution in [2.75, 3.05) is 18.1 Å². The average Bonchev–Trinajstić information content (AvgIpc) is 3.39. The molecule has 0 aromatic heterocycles. The van der Waals surface area contributed by atoms with E-state index < -0.39 is 0 Å². The Morgan fingerprint density at radius 3 is 2.50 bits per heavy atom. The van der Waals surface area contributed by atoms with Crippen LogP contribution in [0.25, 0.3) is 0 Å². The van der Waals surface area contributed by atoms with E-state index in [0.29, 0.717) is 16.9 Å². The zero-order valence-corrected chi connectivity index (χ0v) is 21.9. The quantitative estimate of drug-likeness (QED) is 0.246. The van der Waals surface area contributed by atoms with Gasteiger partial charge in [0.1, 0.15) is 18.1 Å². The predicted molar refractivity (Wildman–Crippen MR) is 145 cm³/mol. The molecule has 0 bridgehead atoms. The molecule has 0 unspecified atom stereocenters. The van der Waals surface area contributed by atoms with Gasteiger partial charge >= 0.3 is 0 Å². The summed E-state index contributed by atoms with van der Waals surface area (Å²) in [6.45, 7) is 2.45. The fraction of sp³-hybridized carbons (Fsp3) is 0.231. The van der Waals surface area contributed by atoms with E-state index in [1.165, 1.54) is 22.6 Å². The van der Waals surface area contributed by atoms with Crippen molar-refractivity contribution in [2.45, 2.75) is 18.1 Å². The number of ether oxygens (including phenoxy) is 2. The second kappa shape index (κ2) is 12.3. The highest BCUT2D eigenvalue weighted by molar-refractivity contribution is 9.10. The SMILES string of the molecule is Cc1ccc(COc2ccc(/C=N\NC(=O)COc3ccc(C4SCCS4)cc3)cc2Br)cc1. The first-order valence-electron chi connectivity index (χ1n) is 10.8. The zero-order valence-electron chi connectivity index (χ0n) is 18.7. The Morgan fingerprint density at radius 1 is 1.06 bits per heavy atom. The van der Waals surface area contributed by atoms with E-state index in [-0.39, 0.29) is 12.5 Å². The van der Waals surface area contributed by atoms with Gasteiger partial charge in [-0.1, -0.05) is 42.0 Å². The molecular weight excluding hydrogens is 532 g/mol. The normalized spacial score (nSPS) is 13.8. The molecule has 3 aromatic carbocycles. The van der Waals surface area contributed by atoms with Gasteiger partial charge < -0.3 is 9.47 Å². The highest BCUT2D eigenvalue weighted by Crippen LogP contribution is 2.45. The smallest absolute Gasteiger partial charge is 0.277 e. The van der Waals surface area contributed by atoms with Crippen molar-refractivity contribution in [3.05, 3.63) is 93.5 Å². The number of thioether (sulfide) groups is 2. The topological polar surface area (TPSA) is 59.9 Å². The number of amides is 1. The van der Waals surface area contributed by atoms with E-state index in [2.05, 4.69) is 69.8 Å². The van der Waals surface area contributed by atoms with Gasteiger partial charge in [-0.15, -0.1) is 23.5 Å². The van der Waals surface area contributed by atoms with Crippen molar-refractivity contribution >= 4 is 51.6 Å². The van der Waals surface area contributed by atoms with Crippen LogP contribution in [-0.2, 0) is 11.4 Å². The summed E-state index contributed by atoms with van der Waals surface area (Å²) in [6.07, 6.45) is 1.58. The van der Waals surface area contributed by atoms with Crippen LogP contribution in [0.1, 0.15) is 26.8 Å². The molecule has 0 radical (unpaired) electrons. The van der Waals surface area contributed by atoms with Gasteiger partial charge in [-0.2, -0.15) is 5.10 Å². The Balaban J connectivity index is 1.21. The summed E-state index contributed by atoms with van der Waals surface area (Å²) in [5.41, 5.74) is 6.94. The molecule has 1 saturated heterocycles. The van der Waals surface area contributed by atoms with E-state index in [1.54, 1.807) is 6.21 Å². The molecule has 1 N–H and O–H groups in total. The lowest BCUT2D eigenvalue weighted by atomic mass is 10.2. The van der Waals surface area contributed by atoms with Gasteiger partial charge in [0.2, 0.25) is 0 Å². The van der Waals surface area contributed by atoms with Crippen LogP contribution in [0.5, 0.6) is 11.5 Å². The number of carbonyl (C=O) groups excluding carboxylic acids is 1. The molecule has 1 aliphatic heterocycles. The number of rotatable bonds is 9. The molecular formula is C26H25BrN2O3S2. The second-order valence-electron chi connectivity index (χ2n) is 7.69. The third-order valence-corrected chi connectivity index (χ3v) is 8.74.